The van der Waals surface area contributed by atoms with E-state index in [9.17, 15) is 0 Å². The van der Waals surface area contributed by atoms with Crippen LogP contribution in [0.15, 0.2) is 36.7 Å². The summed E-state index contributed by atoms with van der Waals surface area (Å²) >= 11 is 0. The Balaban J connectivity index is 2.49. The second-order valence-electron chi connectivity index (χ2n) is 2.87. The van der Waals surface area contributed by atoms with Crippen LogP contribution in [0.1, 0.15) is 5.56 Å². The number of rotatable bonds is 2. The van der Waals surface area contributed by atoms with Gasteiger partial charge in [-0.2, -0.15) is 0 Å². The number of hydrogen-bond acceptors (Lipinski definition) is 3. The topological polar surface area (TPSA) is 48.1 Å². The van der Waals surface area contributed by atoms with Gasteiger partial charge in [-0.3, -0.25) is 9.82 Å². The first-order valence-electron chi connectivity index (χ1n) is 4.04. The van der Waals surface area contributed by atoms with Crippen molar-refractivity contribution in [2.24, 2.45) is 5.90 Å². The van der Waals surface area contributed by atoms with Gasteiger partial charge in [0.25, 0.3) is 0 Å². The van der Waals surface area contributed by atoms with Crippen molar-refractivity contribution in [3.63, 3.8) is 0 Å². The molecule has 0 aliphatic heterocycles. The van der Waals surface area contributed by atoms with Crippen molar-refractivity contribution in [3.05, 3.63) is 42.2 Å². The number of nitrogens with two attached hydrogens (primary N) is 1. The van der Waals surface area contributed by atoms with Gasteiger partial charge in [-0.15, -0.1) is 0 Å². The first-order chi connectivity index (χ1) is 6.40. The van der Waals surface area contributed by atoms with Gasteiger partial charge >= 0.3 is 0 Å². The van der Waals surface area contributed by atoms with Crippen molar-refractivity contribution in [2.45, 2.75) is 6.61 Å². The lowest BCUT2D eigenvalue weighted by atomic mass is 10.1. The van der Waals surface area contributed by atoms with E-state index in [1.54, 1.807) is 6.20 Å². The highest BCUT2D eigenvalue weighted by Gasteiger charge is 1.95. The van der Waals surface area contributed by atoms with Gasteiger partial charge in [0.05, 0.1) is 6.61 Å². The first kappa shape index (κ1) is 8.16. The molecule has 66 valence electrons. The average Bonchev–Trinajstić information content (AvgIpc) is 2.18. The summed E-state index contributed by atoms with van der Waals surface area (Å²) in [6.45, 7) is 0.435. The maximum atomic E-state index is 4.99. The van der Waals surface area contributed by atoms with E-state index in [4.69, 9.17) is 5.90 Å². The predicted octanol–water partition coefficient (Wildman–Crippen LogP) is 1.63. The molecule has 2 N–H and O–H groups in total. The number of benzene rings is 1. The third-order valence-corrected chi connectivity index (χ3v) is 1.95. The van der Waals surface area contributed by atoms with Gasteiger partial charge in [-0.25, -0.2) is 5.90 Å². The fourth-order valence-corrected chi connectivity index (χ4v) is 1.32. The quantitative estimate of drug-likeness (QED) is 0.704. The van der Waals surface area contributed by atoms with E-state index in [2.05, 4.69) is 9.82 Å². The molecule has 0 fully saturated rings. The molecule has 0 bridgehead atoms. The van der Waals surface area contributed by atoms with Crippen molar-refractivity contribution in [3.8, 4) is 0 Å². The van der Waals surface area contributed by atoms with Crippen LogP contribution in [0, 0.1) is 0 Å². The Hall–Kier alpha value is -1.45. The van der Waals surface area contributed by atoms with Gasteiger partial charge in [0.15, 0.2) is 0 Å². The van der Waals surface area contributed by atoms with Crippen molar-refractivity contribution >= 4 is 10.8 Å². The first-order valence-corrected chi connectivity index (χ1v) is 4.04. The van der Waals surface area contributed by atoms with Crippen LogP contribution < -0.4 is 5.90 Å². The zero-order valence-corrected chi connectivity index (χ0v) is 7.10. The largest absolute Gasteiger partial charge is 0.300 e. The summed E-state index contributed by atoms with van der Waals surface area (Å²) in [6, 6.07) is 8.03. The van der Waals surface area contributed by atoms with Crippen LogP contribution in [-0.2, 0) is 11.4 Å². The minimum Gasteiger partial charge on any atom is -0.300 e. The molecule has 2 rings (SSSR count). The SMILES string of the molecule is NOCc1ccc2ccncc2c1. The summed E-state index contributed by atoms with van der Waals surface area (Å²) < 4.78 is 0. The van der Waals surface area contributed by atoms with Crippen molar-refractivity contribution in [1.82, 2.24) is 4.98 Å². The summed E-state index contributed by atoms with van der Waals surface area (Å²) in [5.74, 6) is 4.99. The molecular formula is C10H10N2O. The Kier molecular flexibility index (Phi) is 2.21. The van der Waals surface area contributed by atoms with Gasteiger partial charge in [0.1, 0.15) is 0 Å². The van der Waals surface area contributed by atoms with Gasteiger partial charge in [-0.05, 0) is 23.1 Å². The van der Waals surface area contributed by atoms with Crippen LogP contribution in [0.2, 0.25) is 0 Å². The lowest BCUT2D eigenvalue weighted by Gasteiger charge is -2.00. The number of hydrogen-bond donors (Lipinski definition) is 1. The van der Waals surface area contributed by atoms with Crippen molar-refractivity contribution in [1.29, 1.82) is 0 Å². The van der Waals surface area contributed by atoms with Gasteiger partial charge in [0.2, 0.25) is 0 Å². The molecule has 0 saturated heterocycles. The second-order valence-corrected chi connectivity index (χ2v) is 2.87. The molecule has 0 aliphatic carbocycles. The monoisotopic (exact) mass is 174 g/mol. The Bertz CT molecular complexity index is 414. The van der Waals surface area contributed by atoms with E-state index >= 15 is 0 Å². The van der Waals surface area contributed by atoms with Gasteiger partial charge < -0.3 is 0 Å². The van der Waals surface area contributed by atoms with E-state index in [1.165, 1.54) is 5.39 Å². The average molecular weight is 174 g/mol. The Morgan fingerprint density at radius 3 is 3.00 bits per heavy atom. The highest BCUT2D eigenvalue weighted by atomic mass is 16.6. The zero-order valence-electron chi connectivity index (χ0n) is 7.10. The Morgan fingerprint density at radius 1 is 1.23 bits per heavy atom. The summed E-state index contributed by atoms with van der Waals surface area (Å²) in [6.07, 6.45) is 3.61. The van der Waals surface area contributed by atoms with Crippen molar-refractivity contribution < 1.29 is 4.84 Å². The van der Waals surface area contributed by atoms with E-state index in [0.29, 0.717) is 6.61 Å². The Morgan fingerprint density at radius 2 is 2.15 bits per heavy atom. The molecule has 0 aliphatic rings. The molecule has 2 aromatic rings. The maximum absolute atomic E-state index is 4.99. The minimum absolute atomic E-state index is 0.435. The third kappa shape index (κ3) is 1.66. The highest BCUT2D eigenvalue weighted by molar-refractivity contribution is 5.81. The molecule has 1 aromatic carbocycles. The molecule has 0 unspecified atom stereocenters. The predicted molar refractivity (Wildman–Crippen MR) is 50.7 cm³/mol. The fourth-order valence-electron chi connectivity index (χ4n) is 1.32. The molecule has 13 heavy (non-hydrogen) atoms. The minimum atomic E-state index is 0.435. The van der Waals surface area contributed by atoms with Crippen LogP contribution in [-0.4, -0.2) is 4.98 Å². The van der Waals surface area contributed by atoms with E-state index in [-0.39, 0.29) is 0 Å². The number of nitrogens with zero attached hydrogens (tertiary/aromatic N) is 1. The van der Waals surface area contributed by atoms with Crippen LogP contribution in [0.5, 0.6) is 0 Å². The lowest BCUT2D eigenvalue weighted by molar-refractivity contribution is 0.124. The van der Waals surface area contributed by atoms with Gasteiger partial charge in [-0.1, -0.05) is 12.1 Å². The maximum Gasteiger partial charge on any atom is 0.0930 e. The van der Waals surface area contributed by atoms with E-state index in [1.807, 2.05) is 30.5 Å². The second kappa shape index (κ2) is 3.51. The molecule has 0 spiro atoms. The van der Waals surface area contributed by atoms with E-state index < -0.39 is 0 Å². The smallest absolute Gasteiger partial charge is 0.0930 e. The van der Waals surface area contributed by atoms with E-state index in [0.717, 1.165) is 10.9 Å². The molecule has 3 nitrogen and oxygen atoms in total. The third-order valence-electron chi connectivity index (χ3n) is 1.95. The number of aromatic nitrogens is 1. The molecule has 3 heteroatoms. The lowest BCUT2D eigenvalue weighted by Crippen LogP contribution is -1.98. The molecule has 1 heterocycles. The zero-order chi connectivity index (χ0) is 9.10. The molecular weight excluding hydrogens is 164 g/mol. The molecule has 1 aromatic heterocycles. The van der Waals surface area contributed by atoms with Crippen LogP contribution in [0.4, 0.5) is 0 Å². The fraction of sp³-hybridized carbons (Fsp3) is 0.100. The number of pyridine rings is 1. The van der Waals surface area contributed by atoms with Crippen LogP contribution in [0.3, 0.4) is 0 Å². The number of fused-ring (bicyclic) bond motifs is 1. The summed E-state index contributed by atoms with van der Waals surface area (Å²) in [4.78, 5) is 8.60. The standard InChI is InChI=1S/C10H10N2O/c11-13-7-8-1-2-9-3-4-12-6-10(9)5-8/h1-6H,7,11H2. The molecule has 0 atom stereocenters. The summed E-state index contributed by atoms with van der Waals surface area (Å²) in [7, 11) is 0. The van der Waals surface area contributed by atoms with Crippen molar-refractivity contribution in [2.75, 3.05) is 0 Å². The molecule has 0 radical (unpaired) electrons. The normalized spacial score (nSPS) is 10.5. The summed E-state index contributed by atoms with van der Waals surface area (Å²) in [5, 5.41) is 2.29. The highest BCUT2D eigenvalue weighted by Crippen LogP contribution is 2.14. The van der Waals surface area contributed by atoms with Crippen LogP contribution >= 0.6 is 0 Å². The molecule has 0 amide bonds. The van der Waals surface area contributed by atoms with Gasteiger partial charge in [0, 0.05) is 17.8 Å². The summed E-state index contributed by atoms with van der Waals surface area (Å²) in [5.41, 5.74) is 1.06. The Labute approximate surface area is 76.1 Å². The van der Waals surface area contributed by atoms with Crippen LogP contribution in [0.25, 0.3) is 10.8 Å². The molecule has 0 saturated carbocycles.